The maximum absolute atomic E-state index is 12.5. The molecule has 0 spiro atoms. The van der Waals surface area contributed by atoms with Gasteiger partial charge in [-0.1, -0.05) is 6.07 Å². The minimum Gasteiger partial charge on any atom is -0.332 e. The quantitative estimate of drug-likeness (QED) is 0.618. The Morgan fingerprint density at radius 2 is 2.06 bits per heavy atom. The molecular formula is C13H20N4O. The predicted molar refractivity (Wildman–Crippen MR) is 71.0 cm³/mol. The molecule has 18 heavy (non-hydrogen) atoms. The summed E-state index contributed by atoms with van der Waals surface area (Å²) in [6.07, 6.45) is 3.31. The predicted octanol–water partition coefficient (Wildman–Crippen LogP) is 1.77. The van der Waals surface area contributed by atoms with E-state index in [0.29, 0.717) is 11.5 Å². The van der Waals surface area contributed by atoms with Gasteiger partial charge in [0.1, 0.15) is 11.5 Å². The number of nitrogens with one attached hydrogen (secondary N) is 1. The first-order valence-corrected chi connectivity index (χ1v) is 6.40. The Labute approximate surface area is 107 Å². The number of amides is 1. The number of carbonyl (C=O) groups excluding carboxylic acids is 1. The van der Waals surface area contributed by atoms with Crippen molar-refractivity contribution in [2.24, 2.45) is 5.84 Å². The normalized spacial score (nSPS) is 23.8. The minimum atomic E-state index is -0.00759. The first-order chi connectivity index (χ1) is 8.63. The molecule has 5 nitrogen and oxygen atoms in total. The van der Waals surface area contributed by atoms with Gasteiger partial charge in [-0.2, -0.15) is 0 Å². The van der Waals surface area contributed by atoms with Crippen LogP contribution in [0.1, 0.15) is 43.6 Å². The van der Waals surface area contributed by atoms with Gasteiger partial charge in [0.2, 0.25) is 0 Å². The summed E-state index contributed by atoms with van der Waals surface area (Å²) < 4.78 is 0. The molecule has 0 bridgehead atoms. The average Bonchev–Trinajstić information content (AvgIpc) is 2.38. The molecule has 0 aromatic carbocycles. The van der Waals surface area contributed by atoms with Crippen molar-refractivity contribution in [2.75, 3.05) is 5.43 Å². The molecule has 0 saturated carbocycles. The Hall–Kier alpha value is -1.62. The molecular weight excluding hydrogens is 228 g/mol. The zero-order chi connectivity index (χ0) is 13.1. The van der Waals surface area contributed by atoms with Crippen LogP contribution in [0.3, 0.4) is 0 Å². The number of nitrogens with two attached hydrogens (primary N) is 1. The van der Waals surface area contributed by atoms with Crippen LogP contribution in [0.5, 0.6) is 0 Å². The zero-order valence-corrected chi connectivity index (χ0v) is 10.9. The van der Waals surface area contributed by atoms with Crippen LogP contribution in [-0.2, 0) is 0 Å². The third-order valence-electron chi connectivity index (χ3n) is 3.54. The van der Waals surface area contributed by atoms with Crippen LogP contribution in [0.4, 0.5) is 5.82 Å². The van der Waals surface area contributed by atoms with E-state index in [0.717, 1.165) is 12.8 Å². The van der Waals surface area contributed by atoms with Crippen molar-refractivity contribution in [3.05, 3.63) is 23.9 Å². The molecule has 3 N–H and O–H groups in total. The van der Waals surface area contributed by atoms with Gasteiger partial charge in [-0.3, -0.25) is 4.79 Å². The van der Waals surface area contributed by atoms with E-state index in [9.17, 15) is 4.79 Å². The Balaban J connectivity index is 2.23. The highest BCUT2D eigenvalue weighted by molar-refractivity contribution is 5.93. The highest BCUT2D eigenvalue weighted by Gasteiger charge is 2.30. The number of hydrogen-bond acceptors (Lipinski definition) is 4. The summed E-state index contributed by atoms with van der Waals surface area (Å²) in [7, 11) is 0. The molecule has 5 heteroatoms. The van der Waals surface area contributed by atoms with Gasteiger partial charge in [0, 0.05) is 12.1 Å². The number of rotatable bonds is 2. The number of nitrogen functional groups attached to an aromatic ring is 1. The topological polar surface area (TPSA) is 71.2 Å². The van der Waals surface area contributed by atoms with Gasteiger partial charge in [0.05, 0.1) is 0 Å². The fraction of sp³-hybridized carbons (Fsp3) is 0.538. The third-order valence-corrected chi connectivity index (χ3v) is 3.54. The van der Waals surface area contributed by atoms with E-state index in [1.165, 1.54) is 6.42 Å². The summed E-state index contributed by atoms with van der Waals surface area (Å²) in [5.74, 6) is 5.82. The summed E-state index contributed by atoms with van der Waals surface area (Å²) in [4.78, 5) is 18.6. The van der Waals surface area contributed by atoms with E-state index in [4.69, 9.17) is 5.84 Å². The lowest BCUT2D eigenvalue weighted by Crippen LogP contribution is -2.47. The Bertz CT molecular complexity index is 425. The number of piperidine rings is 1. The number of hydrogen-bond donors (Lipinski definition) is 2. The van der Waals surface area contributed by atoms with Crippen LogP contribution in [0.25, 0.3) is 0 Å². The van der Waals surface area contributed by atoms with E-state index in [2.05, 4.69) is 24.3 Å². The summed E-state index contributed by atoms with van der Waals surface area (Å²) >= 11 is 0. The summed E-state index contributed by atoms with van der Waals surface area (Å²) in [6.45, 7) is 4.19. The lowest BCUT2D eigenvalue weighted by molar-refractivity contribution is 0.0505. The molecule has 1 saturated heterocycles. The molecule has 0 radical (unpaired) electrons. The van der Waals surface area contributed by atoms with E-state index in [-0.39, 0.29) is 18.0 Å². The lowest BCUT2D eigenvalue weighted by atomic mass is 9.97. The standard InChI is InChI=1S/C13H20N4O/c1-9-5-3-6-10(2)17(9)13(18)11-7-4-8-12(15-11)16-14/h4,7-10H,3,5-6,14H2,1-2H3,(H,15,16)/t9-,10+. The number of nitrogens with zero attached hydrogens (tertiary/aromatic N) is 2. The SMILES string of the molecule is C[C@@H]1CCC[C@H](C)N1C(=O)c1cccc(NN)n1. The fourth-order valence-electron chi connectivity index (χ4n) is 2.59. The van der Waals surface area contributed by atoms with Crippen LogP contribution in [-0.4, -0.2) is 27.9 Å². The summed E-state index contributed by atoms with van der Waals surface area (Å²) in [6, 6.07) is 5.81. The summed E-state index contributed by atoms with van der Waals surface area (Å²) in [5.41, 5.74) is 2.92. The van der Waals surface area contributed by atoms with Crippen molar-refractivity contribution < 1.29 is 4.79 Å². The van der Waals surface area contributed by atoms with Gasteiger partial charge in [-0.15, -0.1) is 0 Å². The minimum absolute atomic E-state index is 0.00759. The van der Waals surface area contributed by atoms with Crippen molar-refractivity contribution in [3.8, 4) is 0 Å². The van der Waals surface area contributed by atoms with Crippen molar-refractivity contribution in [1.82, 2.24) is 9.88 Å². The Kier molecular flexibility index (Phi) is 3.81. The highest BCUT2D eigenvalue weighted by Crippen LogP contribution is 2.24. The summed E-state index contributed by atoms with van der Waals surface area (Å²) in [5, 5.41) is 0. The molecule has 2 heterocycles. The number of pyridine rings is 1. The van der Waals surface area contributed by atoms with E-state index in [1.807, 2.05) is 4.90 Å². The Morgan fingerprint density at radius 3 is 2.67 bits per heavy atom. The third kappa shape index (κ3) is 2.46. The first-order valence-electron chi connectivity index (χ1n) is 6.40. The smallest absolute Gasteiger partial charge is 0.273 e. The van der Waals surface area contributed by atoms with Gasteiger partial charge in [-0.05, 0) is 45.2 Å². The molecule has 0 unspecified atom stereocenters. The van der Waals surface area contributed by atoms with E-state index >= 15 is 0 Å². The molecule has 98 valence electrons. The molecule has 1 aromatic rings. The molecule has 1 aromatic heterocycles. The molecule has 1 aliphatic heterocycles. The van der Waals surface area contributed by atoms with Crippen LogP contribution in [0, 0.1) is 0 Å². The first kappa shape index (κ1) is 12.8. The molecule has 1 aliphatic rings. The second-order valence-corrected chi connectivity index (χ2v) is 4.89. The molecule has 2 rings (SSSR count). The molecule has 1 fully saturated rings. The number of carbonyl (C=O) groups is 1. The molecule has 1 amide bonds. The van der Waals surface area contributed by atoms with Gasteiger partial charge in [0.25, 0.3) is 5.91 Å². The van der Waals surface area contributed by atoms with Gasteiger partial charge >= 0.3 is 0 Å². The second kappa shape index (κ2) is 5.35. The van der Waals surface area contributed by atoms with Crippen molar-refractivity contribution in [2.45, 2.75) is 45.2 Å². The van der Waals surface area contributed by atoms with Crippen molar-refractivity contribution >= 4 is 11.7 Å². The van der Waals surface area contributed by atoms with Crippen LogP contribution >= 0.6 is 0 Å². The highest BCUT2D eigenvalue weighted by atomic mass is 16.2. The van der Waals surface area contributed by atoms with Crippen LogP contribution < -0.4 is 11.3 Å². The maximum Gasteiger partial charge on any atom is 0.273 e. The van der Waals surface area contributed by atoms with Crippen molar-refractivity contribution in [3.63, 3.8) is 0 Å². The van der Waals surface area contributed by atoms with Crippen molar-refractivity contribution in [1.29, 1.82) is 0 Å². The Morgan fingerprint density at radius 1 is 1.39 bits per heavy atom. The monoisotopic (exact) mass is 248 g/mol. The second-order valence-electron chi connectivity index (χ2n) is 4.89. The number of aromatic nitrogens is 1. The zero-order valence-electron chi connectivity index (χ0n) is 10.9. The van der Waals surface area contributed by atoms with Gasteiger partial charge in [0.15, 0.2) is 0 Å². The molecule has 2 atom stereocenters. The fourth-order valence-corrected chi connectivity index (χ4v) is 2.59. The number of hydrazine groups is 1. The number of anilines is 1. The van der Waals surface area contributed by atoms with Gasteiger partial charge < -0.3 is 10.3 Å². The average molecular weight is 248 g/mol. The van der Waals surface area contributed by atoms with Crippen LogP contribution in [0.2, 0.25) is 0 Å². The van der Waals surface area contributed by atoms with E-state index < -0.39 is 0 Å². The largest absolute Gasteiger partial charge is 0.332 e. The molecule has 0 aliphatic carbocycles. The number of likely N-dealkylation sites (tertiary alicyclic amines) is 1. The lowest BCUT2D eigenvalue weighted by Gasteiger charge is -2.38. The maximum atomic E-state index is 12.5. The van der Waals surface area contributed by atoms with Gasteiger partial charge in [-0.25, -0.2) is 10.8 Å². The van der Waals surface area contributed by atoms with Crippen LogP contribution in [0.15, 0.2) is 18.2 Å². The van der Waals surface area contributed by atoms with E-state index in [1.54, 1.807) is 18.2 Å².